The van der Waals surface area contributed by atoms with Crippen LogP contribution >= 0.6 is 0 Å². The number of allylic oxidation sites excluding steroid dienone is 2. The van der Waals surface area contributed by atoms with Crippen molar-refractivity contribution in [1.29, 1.82) is 0 Å². The van der Waals surface area contributed by atoms with Crippen molar-refractivity contribution in [1.82, 2.24) is 0 Å². The van der Waals surface area contributed by atoms with E-state index in [1.54, 1.807) is 5.20 Å². The average molecular weight is 305 g/mol. The summed E-state index contributed by atoms with van der Waals surface area (Å²) in [6.45, 7) is 12.1. The van der Waals surface area contributed by atoms with E-state index in [-0.39, 0.29) is 0 Å². The summed E-state index contributed by atoms with van der Waals surface area (Å²) in [4.78, 5) is 7.62. The Morgan fingerprint density at radius 3 is 1.54 bits per heavy atom. The molecule has 0 aromatic heterocycles. The summed E-state index contributed by atoms with van der Waals surface area (Å²) in [6, 6.07) is 0. The molecule has 0 aliphatic rings. The summed E-state index contributed by atoms with van der Waals surface area (Å²) < 4.78 is 1.88. The molecule has 0 bridgehead atoms. The van der Waals surface area contributed by atoms with Gasteiger partial charge in [0.15, 0.2) is 0 Å². The fourth-order valence-electron chi connectivity index (χ4n) is 1.81. The normalized spacial score (nSPS) is 15.7. The van der Waals surface area contributed by atoms with Crippen LogP contribution in [0.25, 0.3) is 0 Å². The maximum absolute atomic E-state index is 2.54. The van der Waals surface area contributed by atoms with Gasteiger partial charge in [-0.1, -0.05) is 0 Å². The molecule has 0 heterocycles. The molecule has 0 saturated heterocycles. The van der Waals surface area contributed by atoms with Crippen molar-refractivity contribution >= 4 is 26.5 Å². The van der Waals surface area contributed by atoms with Gasteiger partial charge in [-0.05, 0) is 0 Å². The van der Waals surface area contributed by atoms with Crippen LogP contribution in [0.5, 0.6) is 0 Å². The molecule has 0 atom stereocenters. The van der Waals surface area contributed by atoms with E-state index in [0.717, 1.165) is 0 Å². The summed E-state index contributed by atoms with van der Waals surface area (Å²) >= 11 is -1.76. The molecule has 0 aromatic carbocycles. The van der Waals surface area contributed by atoms with Crippen LogP contribution in [-0.4, -0.2) is 26.5 Å². The van der Waals surface area contributed by atoms with Crippen LogP contribution in [0.3, 0.4) is 0 Å². The number of rotatable bonds is 3. The van der Waals surface area contributed by atoms with E-state index in [0.29, 0.717) is 0 Å². The SMILES string of the molecule is CC/[C](=C(\C)[Si](C)(C)C)[Sn]([CH3])([CH3])[CH3]. The van der Waals surface area contributed by atoms with Crippen molar-refractivity contribution in [2.45, 2.75) is 54.7 Å². The van der Waals surface area contributed by atoms with Gasteiger partial charge in [0, 0.05) is 0 Å². The number of hydrogen-bond acceptors (Lipinski definition) is 0. The zero-order valence-corrected chi connectivity index (χ0v) is 14.6. The van der Waals surface area contributed by atoms with Gasteiger partial charge < -0.3 is 0 Å². The minimum absolute atomic E-state index is 1.02. The molecule has 0 saturated carbocycles. The molecule has 0 spiro atoms. The molecule has 2 heteroatoms. The van der Waals surface area contributed by atoms with Crippen LogP contribution in [0.2, 0.25) is 34.5 Å². The van der Waals surface area contributed by atoms with E-state index in [1.165, 1.54) is 6.42 Å². The molecule has 13 heavy (non-hydrogen) atoms. The fourth-order valence-corrected chi connectivity index (χ4v) is 14.9. The van der Waals surface area contributed by atoms with E-state index in [2.05, 4.69) is 48.3 Å². The van der Waals surface area contributed by atoms with Crippen LogP contribution in [0, 0.1) is 0 Å². The zero-order valence-electron chi connectivity index (χ0n) is 10.7. The van der Waals surface area contributed by atoms with Gasteiger partial charge in [-0.3, -0.25) is 0 Å². The van der Waals surface area contributed by atoms with Crippen molar-refractivity contribution in [3.8, 4) is 0 Å². The molecule has 0 nitrogen and oxygen atoms in total. The molecular formula is C11H26SiSn. The van der Waals surface area contributed by atoms with Crippen molar-refractivity contribution in [3.05, 3.63) is 8.79 Å². The monoisotopic (exact) mass is 306 g/mol. The Labute approximate surface area is 89.7 Å². The topological polar surface area (TPSA) is 0 Å². The number of hydrogen-bond donors (Lipinski definition) is 0. The van der Waals surface area contributed by atoms with Gasteiger partial charge in [-0.2, -0.15) is 0 Å². The fraction of sp³-hybridized carbons (Fsp3) is 0.818. The first-order valence-corrected chi connectivity index (χ1v) is 18.8. The predicted molar refractivity (Wildman–Crippen MR) is 69.7 cm³/mol. The molecule has 0 aliphatic carbocycles. The molecule has 0 N–H and O–H groups in total. The van der Waals surface area contributed by atoms with Gasteiger partial charge in [-0.15, -0.1) is 0 Å². The Bertz CT molecular complexity index is 203. The first kappa shape index (κ1) is 13.8. The van der Waals surface area contributed by atoms with E-state index < -0.39 is 26.5 Å². The van der Waals surface area contributed by atoms with Gasteiger partial charge in [-0.25, -0.2) is 0 Å². The van der Waals surface area contributed by atoms with E-state index in [1.807, 2.05) is 3.59 Å². The molecule has 0 radical (unpaired) electrons. The Morgan fingerprint density at radius 2 is 1.46 bits per heavy atom. The molecule has 0 rings (SSSR count). The standard InChI is InChI=1S/C8H17Si.3CH3.Sn/c1-6-7-8(2)9(3,4)5;;;;/h6H2,1-5H3;3*1H3;. The van der Waals surface area contributed by atoms with Gasteiger partial charge in [0.1, 0.15) is 0 Å². The average Bonchev–Trinajstić information content (AvgIpc) is 1.83. The minimum atomic E-state index is -1.76. The molecule has 78 valence electrons. The van der Waals surface area contributed by atoms with Crippen LogP contribution in [0.4, 0.5) is 0 Å². The Hall–Kier alpha value is 0.756. The van der Waals surface area contributed by atoms with E-state index in [9.17, 15) is 0 Å². The summed E-state index contributed by atoms with van der Waals surface area (Å²) in [5.74, 6) is 0. The van der Waals surface area contributed by atoms with Crippen molar-refractivity contribution in [2.75, 3.05) is 0 Å². The second kappa shape index (κ2) is 4.52. The quantitative estimate of drug-likeness (QED) is 0.675. The van der Waals surface area contributed by atoms with Crippen molar-refractivity contribution < 1.29 is 0 Å². The van der Waals surface area contributed by atoms with Crippen LogP contribution in [-0.2, 0) is 0 Å². The summed E-state index contributed by atoms with van der Waals surface area (Å²) in [7, 11) is -1.02. The Balaban J connectivity index is 5.16. The van der Waals surface area contributed by atoms with Crippen LogP contribution in [0.1, 0.15) is 20.3 Å². The molecule has 0 fully saturated rings. The van der Waals surface area contributed by atoms with Gasteiger partial charge in [0.25, 0.3) is 0 Å². The maximum atomic E-state index is 2.54. The molecule has 0 aromatic rings. The van der Waals surface area contributed by atoms with Crippen LogP contribution < -0.4 is 0 Å². The Morgan fingerprint density at radius 1 is 1.08 bits per heavy atom. The summed E-state index contributed by atoms with van der Waals surface area (Å²) in [5, 5.41) is 1.79. The zero-order chi connectivity index (χ0) is 10.9. The molecule has 0 aliphatic heterocycles. The first-order valence-electron chi connectivity index (χ1n) is 5.31. The third-order valence-electron chi connectivity index (χ3n) is 2.84. The third-order valence-corrected chi connectivity index (χ3v) is 13.3. The second-order valence-corrected chi connectivity index (χ2v) is 25.8. The summed E-state index contributed by atoms with van der Waals surface area (Å²) in [5.41, 5.74) is 0. The van der Waals surface area contributed by atoms with Gasteiger partial charge in [0.05, 0.1) is 0 Å². The second-order valence-electron chi connectivity index (χ2n) is 5.96. The van der Waals surface area contributed by atoms with E-state index in [4.69, 9.17) is 0 Å². The van der Waals surface area contributed by atoms with Gasteiger partial charge in [0.2, 0.25) is 0 Å². The van der Waals surface area contributed by atoms with Crippen molar-refractivity contribution in [2.24, 2.45) is 0 Å². The van der Waals surface area contributed by atoms with Crippen molar-refractivity contribution in [3.63, 3.8) is 0 Å². The van der Waals surface area contributed by atoms with E-state index >= 15 is 0 Å². The molecule has 0 unspecified atom stereocenters. The van der Waals surface area contributed by atoms with Gasteiger partial charge >= 0.3 is 90.0 Å². The molecule has 0 amide bonds. The predicted octanol–water partition coefficient (Wildman–Crippen LogP) is 4.47. The Kier molecular flexibility index (Phi) is 4.78. The summed E-state index contributed by atoms with van der Waals surface area (Å²) in [6.07, 6.45) is 1.30. The third kappa shape index (κ3) is 4.19. The first-order chi connectivity index (χ1) is 5.60. The molecular weight excluding hydrogens is 279 g/mol. The van der Waals surface area contributed by atoms with Crippen LogP contribution in [0.15, 0.2) is 8.79 Å².